The molecule has 23 heavy (non-hydrogen) atoms. The van der Waals surface area contributed by atoms with E-state index < -0.39 is 17.9 Å². The zero-order valence-corrected chi connectivity index (χ0v) is 13.6. The Bertz CT molecular complexity index is 722. The molecule has 0 fully saturated rings. The Kier molecular flexibility index (Phi) is 5.58. The van der Waals surface area contributed by atoms with Crippen molar-refractivity contribution in [1.29, 1.82) is 0 Å². The summed E-state index contributed by atoms with van der Waals surface area (Å²) in [5, 5.41) is 14.8. The summed E-state index contributed by atoms with van der Waals surface area (Å²) >= 11 is 5.64. The van der Waals surface area contributed by atoms with Crippen LogP contribution in [0.1, 0.15) is 22.7 Å². The summed E-state index contributed by atoms with van der Waals surface area (Å²) in [7, 11) is 0. The first-order valence-corrected chi connectivity index (χ1v) is 7.49. The second kappa shape index (κ2) is 7.44. The predicted molar refractivity (Wildman–Crippen MR) is 89.3 cm³/mol. The number of urea groups is 1. The fraction of sp³-hybridized carbons (Fsp3) is 0.235. The lowest BCUT2D eigenvalue weighted by atomic mass is 10.1. The molecule has 2 rings (SSSR count). The van der Waals surface area contributed by atoms with Crippen LogP contribution >= 0.6 is 11.6 Å². The lowest BCUT2D eigenvalue weighted by Crippen LogP contribution is -2.34. The largest absolute Gasteiger partial charge is 0.394 e. The van der Waals surface area contributed by atoms with Crippen molar-refractivity contribution in [2.24, 2.45) is 0 Å². The van der Waals surface area contributed by atoms with E-state index in [4.69, 9.17) is 11.6 Å². The Labute approximate surface area is 139 Å². The SMILES string of the molecule is Cc1cccc(NC(=O)NC(CO)c2ccc(Cl)c(F)c2)c1C. The van der Waals surface area contributed by atoms with Gasteiger partial charge in [0.25, 0.3) is 0 Å². The first-order chi connectivity index (χ1) is 10.9. The minimum Gasteiger partial charge on any atom is -0.394 e. The van der Waals surface area contributed by atoms with E-state index in [2.05, 4.69) is 10.6 Å². The molecule has 1 unspecified atom stereocenters. The maximum Gasteiger partial charge on any atom is 0.319 e. The highest BCUT2D eigenvalue weighted by atomic mass is 35.5. The zero-order valence-electron chi connectivity index (χ0n) is 12.9. The molecular weight excluding hydrogens is 319 g/mol. The monoisotopic (exact) mass is 336 g/mol. The Morgan fingerprint density at radius 2 is 2.04 bits per heavy atom. The summed E-state index contributed by atoms with van der Waals surface area (Å²) in [6.45, 7) is 3.50. The number of rotatable bonds is 4. The number of aliphatic hydroxyl groups excluding tert-OH is 1. The first-order valence-electron chi connectivity index (χ1n) is 7.12. The van der Waals surface area contributed by atoms with E-state index in [-0.39, 0.29) is 11.6 Å². The molecule has 4 nitrogen and oxygen atoms in total. The van der Waals surface area contributed by atoms with E-state index in [0.717, 1.165) is 11.1 Å². The van der Waals surface area contributed by atoms with Gasteiger partial charge in [0, 0.05) is 5.69 Å². The summed E-state index contributed by atoms with van der Waals surface area (Å²) in [5.74, 6) is -0.598. The second-order valence-electron chi connectivity index (χ2n) is 5.25. The van der Waals surface area contributed by atoms with Crippen molar-refractivity contribution in [2.75, 3.05) is 11.9 Å². The van der Waals surface area contributed by atoms with Gasteiger partial charge in [0.2, 0.25) is 0 Å². The van der Waals surface area contributed by atoms with Gasteiger partial charge in [-0.05, 0) is 48.7 Å². The van der Waals surface area contributed by atoms with Crippen molar-refractivity contribution in [2.45, 2.75) is 19.9 Å². The number of aliphatic hydroxyl groups is 1. The van der Waals surface area contributed by atoms with Gasteiger partial charge >= 0.3 is 6.03 Å². The molecule has 122 valence electrons. The minimum absolute atomic E-state index is 0.00900. The topological polar surface area (TPSA) is 61.4 Å². The van der Waals surface area contributed by atoms with Crippen LogP contribution in [0.15, 0.2) is 36.4 Å². The molecule has 0 saturated heterocycles. The maximum absolute atomic E-state index is 13.5. The number of nitrogens with one attached hydrogen (secondary N) is 2. The summed E-state index contributed by atoms with van der Waals surface area (Å²) < 4.78 is 13.5. The average molecular weight is 337 g/mol. The number of hydrogen-bond donors (Lipinski definition) is 3. The van der Waals surface area contributed by atoms with Crippen LogP contribution in [0, 0.1) is 19.7 Å². The third-order valence-corrected chi connectivity index (χ3v) is 3.99. The molecule has 0 heterocycles. The first kappa shape index (κ1) is 17.2. The molecule has 0 aliphatic rings. The third-order valence-electron chi connectivity index (χ3n) is 3.69. The highest BCUT2D eigenvalue weighted by Crippen LogP contribution is 2.21. The molecule has 6 heteroatoms. The van der Waals surface area contributed by atoms with E-state index in [9.17, 15) is 14.3 Å². The lowest BCUT2D eigenvalue weighted by molar-refractivity contribution is 0.225. The van der Waals surface area contributed by atoms with Crippen LogP contribution in [0.4, 0.5) is 14.9 Å². The van der Waals surface area contributed by atoms with Crippen LogP contribution < -0.4 is 10.6 Å². The number of benzene rings is 2. The lowest BCUT2D eigenvalue weighted by Gasteiger charge is -2.18. The summed E-state index contributed by atoms with van der Waals surface area (Å²) in [6, 6.07) is 8.52. The highest BCUT2D eigenvalue weighted by molar-refractivity contribution is 6.30. The van der Waals surface area contributed by atoms with Crippen molar-refractivity contribution in [1.82, 2.24) is 5.32 Å². The fourth-order valence-corrected chi connectivity index (χ4v) is 2.28. The van der Waals surface area contributed by atoms with Crippen LogP contribution in [-0.2, 0) is 0 Å². The Balaban J connectivity index is 2.10. The molecule has 0 aromatic heterocycles. The van der Waals surface area contributed by atoms with Crippen LogP contribution in [0.25, 0.3) is 0 Å². The molecule has 2 aromatic carbocycles. The van der Waals surface area contributed by atoms with E-state index in [1.165, 1.54) is 12.1 Å². The molecule has 0 aliphatic carbocycles. The number of hydrogen-bond acceptors (Lipinski definition) is 2. The van der Waals surface area contributed by atoms with E-state index in [0.29, 0.717) is 11.3 Å². The van der Waals surface area contributed by atoms with Crippen LogP contribution in [-0.4, -0.2) is 17.7 Å². The number of carbonyl (C=O) groups excluding carboxylic acids is 1. The summed E-state index contributed by atoms with van der Waals surface area (Å²) in [5.41, 5.74) is 3.13. The van der Waals surface area contributed by atoms with E-state index >= 15 is 0 Å². The average Bonchev–Trinajstić information content (AvgIpc) is 2.52. The predicted octanol–water partition coefficient (Wildman–Crippen LogP) is 3.95. The van der Waals surface area contributed by atoms with Gasteiger partial charge in [-0.1, -0.05) is 29.8 Å². The van der Waals surface area contributed by atoms with Crippen molar-refractivity contribution < 1.29 is 14.3 Å². The molecule has 0 saturated carbocycles. The van der Waals surface area contributed by atoms with Crippen LogP contribution in [0.3, 0.4) is 0 Å². The van der Waals surface area contributed by atoms with Crippen molar-refractivity contribution in [3.63, 3.8) is 0 Å². The van der Waals surface area contributed by atoms with Gasteiger partial charge in [-0.15, -0.1) is 0 Å². The third kappa shape index (κ3) is 4.21. The Hall–Kier alpha value is -2.11. The highest BCUT2D eigenvalue weighted by Gasteiger charge is 2.16. The van der Waals surface area contributed by atoms with Crippen molar-refractivity contribution in [3.05, 3.63) is 63.9 Å². The Morgan fingerprint density at radius 1 is 1.30 bits per heavy atom. The normalized spacial score (nSPS) is 11.9. The van der Waals surface area contributed by atoms with E-state index in [1.54, 1.807) is 12.1 Å². The smallest absolute Gasteiger partial charge is 0.319 e. The molecule has 3 N–H and O–H groups in total. The number of amides is 2. The van der Waals surface area contributed by atoms with Gasteiger partial charge < -0.3 is 15.7 Å². The van der Waals surface area contributed by atoms with Gasteiger partial charge in [0.1, 0.15) is 5.82 Å². The van der Waals surface area contributed by atoms with Gasteiger partial charge in [-0.25, -0.2) is 9.18 Å². The minimum atomic E-state index is -0.730. The molecule has 2 amide bonds. The molecule has 0 radical (unpaired) electrons. The van der Waals surface area contributed by atoms with Gasteiger partial charge in [-0.3, -0.25) is 0 Å². The molecule has 1 atom stereocenters. The van der Waals surface area contributed by atoms with E-state index in [1.807, 2.05) is 26.0 Å². The quantitative estimate of drug-likeness (QED) is 0.791. The van der Waals surface area contributed by atoms with Gasteiger partial charge in [0.15, 0.2) is 0 Å². The fourth-order valence-electron chi connectivity index (χ4n) is 2.17. The molecule has 2 aromatic rings. The maximum atomic E-state index is 13.5. The Morgan fingerprint density at radius 3 is 2.70 bits per heavy atom. The van der Waals surface area contributed by atoms with Crippen molar-refractivity contribution >= 4 is 23.3 Å². The second-order valence-corrected chi connectivity index (χ2v) is 5.66. The molecule has 0 spiro atoms. The van der Waals surface area contributed by atoms with Crippen molar-refractivity contribution in [3.8, 4) is 0 Å². The van der Waals surface area contributed by atoms with Crippen LogP contribution in [0.2, 0.25) is 5.02 Å². The zero-order chi connectivity index (χ0) is 17.0. The molecule has 0 aliphatic heterocycles. The summed E-state index contributed by atoms with van der Waals surface area (Å²) in [4.78, 5) is 12.1. The van der Waals surface area contributed by atoms with Gasteiger partial charge in [0.05, 0.1) is 17.7 Å². The van der Waals surface area contributed by atoms with Gasteiger partial charge in [-0.2, -0.15) is 0 Å². The number of anilines is 1. The molecule has 0 bridgehead atoms. The molecular formula is C17H18ClFN2O2. The number of carbonyl (C=O) groups is 1. The number of aryl methyl sites for hydroxylation is 1. The standard InChI is InChI=1S/C17H18ClFN2O2/c1-10-4-3-5-15(11(10)2)20-17(23)21-16(9-22)12-6-7-13(18)14(19)8-12/h3-8,16,22H,9H2,1-2H3,(H2,20,21,23). The number of halogens is 2. The van der Waals surface area contributed by atoms with Crippen LogP contribution in [0.5, 0.6) is 0 Å². The summed E-state index contributed by atoms with van der Waals surface area (Å²) in [6.07, 6.45) is 0.